The lowest BCUT2D eigenvalue weighted by Gasteiger charge is -2.62. The van der Waals surface area contributed by atoms with Crippen LogP contribution in [0.5, 0.6) is 0 Å². The largest absolute Gasteiger partial charge is 0.462 e. The first-order valence-electron chi connectivity index (χ1n) is 15.1. The van der Waals surface area contributed by atoms with E-state index < -0.39 is 108 Å². The number of aliphatic hydroxyl groups excluding tert-OH is 1. The molecule has 0 spiro atoms. The highest BCUT2D eigenvalue weighted by atomic mass is 16.6. The number of carbonyl (C=O) groups excluding carboxylic acids is 6. The molecule has 0 saturated heterocycles. The number of ether oxygens (including phenoxy) is 6. The summed E-state index contributed by atoms with van der Waals surface area (Å²) in [5.74, 6) is -6.60. The van der Waals surface area contributed by atoms with E-state index in [0.717, 1.165) is 0 Å². The summed E-state index contributed by atoms with van der Waals surface area (Å²) in [4.78, 5) is 75.7. The number of carbonyl (C=O) groups is 6. The Morgan fingerprint density at radius 3 is 1.69 bits per heavy atom. The highest BCUT2D eigenvalue weighted by Gasteiger charge is 2.69. The van der Waals surface area contributed by atoms with E-state index in [1.807, 2.05) is 13.8 Å². The van der Waals surface area contributed by atoms with Crippen LogP contribution in [0.1, 0.15) is 82.1 Å². The molecule has 3 aliphatic carbocycles. The second-order valence-electron chi connectivity index (χ2n) is 13.1. The van der Waals surface area contributed by atoms with Crippen LogP contribution >= 0.6 is 0 Å². The van der Waals surface area contributed by atoms with E-state index in [9.17, 15) is 33.9 Å². The minimum atomic E-state index is -1.50. The van der Waals surface area contributed by atoms with Crippen LogP contribution < -0.4 is 0 Å². The summed E-state index contributed by atoms with van der Waals surface area (Å²) >= 11 is 0. The van der Waals surface area contributed by atoms with E-state index in [-0.39, 0.29) is 12.8 Å². The zero-order valence-electron chi connectivity index (χ0n) is 27.7. The Bertz CT molecular complexity index is 1250. The number of hydrogen-bond donors (Lipinski definition) is 1. The Labute approximate surface area is 263 Å². The van der Waals surface area contributed by atoms with Gasteiger partial charge in [-0.1, -0.05) is 20.8 Å². The van der Waals surface area contributed by atoms with Gasteiger partial charge in [-0.25, -0.2) is 0 Å². The highest BCUT2D eigenvalue weighted by molar-refractivity contribution is 5.70. The average molecular weight is 639 g/mol. The lowest BCUT2D eigenvalue weighted by atomic mass is 9.47. The van der Waals surface area contributed by atoms with Gasteiger partial charge in [-0.05, 0) is 29.9 Å². The molecule has 0 radical (unpaired) electrons. The van der Waals surface area contributed by atoms with E-state index in [2.05, 4.69) is 0 Å². The van der Waals surface area contributed by atoms with Crippen LogP contribution in [0.25, 0.3) is 0 Å². The van der Waals surface area contributed by atoms with E-state index in [4.69, 9.17) is 28.4 Å². The van der Waals surface area contributed by atoms with E-state index in [0.29, 0.717) is 11.1 Å². The second-order valence-corrected chi connectivity index (χ2v) is 13.1. The fourth-order valence-corrected chi connectivity index (χ4v) is 8.27. The normalized spacial score (nSPS) is 35.4. The van der Waals surface area contributed by atoms with Crippen molar-refractivity contribution < 1.29 is 62.3 Å². The van der Waals surface area contributed by atoms with E-state index in [1.54, 1.807) is 13.8 Å². The first kappa shape index (κ1) is 36.0. The third kappa shape index (κ3) is 7.02. The molecule has 0 amide bonds. The molecule has 2 bridgehead atoms. The van der Waals surface area contributed by atoms with Crippen LogP contribution in [0.3, 0.4) is 0 Å². The maximum absolute atomic E-state index is 12.9. The molecule has 1 N–H and O–H groups in total. The number of aliphatic hydroxyl groups is 1. The Hall–Kier alpha value is -3.48. The molecule has 0 aromatic rings. The van der Waals surface area contributed by atoms with Gasteiger partial charge in [0.1, 0.15) is 24.4 Å². The molecule has 252 valence electrons. The van der Waals surface area contributed by atoms with Crippen LogP contribution in [0.2, 0.25) is 0 Å². The maximum atomic E-state index is 12.9. The van der Waals surface area contributed by atoms with Gasteiger partial charge in [0.05, 0.1) is 5.41 Å². The molecule has 3 aliphatic rings. The fourth-order valence-electron chi connectivity index (χ4n) is 8.27. The smallest absolute Gasteiger partial charge is 0.303 e. The Morgan fingerprint density at radius 2 is 1.22 bits per heavy atom. The Kier molecular flexibility index (Phi) is 10.8. The summed E-state index contributed by atoms with van der Waals surface area (Å²) < 4.78 is 35.5. The minimum absolute atomic E-state index is 0.100. The van der Waals surface area contributed by atoms with Crippen LogP contribution in [0.15, 0.2) is 11.1 Å². The number of rotatable bonds is 7. The van der Waals surface area contributed by atoms with Crippen LogP contribution in [0.4, 0.5) is 0 Å². The van der Waals surface area contributed by atoms with Gasteiger partial charge >= 0.3 is 35.8 Å². The molecule has 2 saturated carbocycles. The van der Waals surface area contributed by atoms with Gasteiger partial charge in [0.25, 0.3) is 0 Å². The van der Waals surface area contributed by atoms with Gasteiger partial charge in [0, 0.05) is 72.3 Å². The predicted octanol–water partition coefficient (Wildman–Crippen LogP) is 2.59. The molecular weight excluding hydrogens is 592 g/mol. The zero-order chi connectivity index (χ0) is 34.2. The van der Waals surface area contributed by atoms with Crippen molar-refractivity contribution in [3.63, 3.8) is 0 Å². The molecule has 45 heavy (non-hydrogen) atoms. The summed E-state index contributed by atoms with van der Waals surface area (Å²) in [6.07, 6.45) is -6.66. The minimum Gasteiger partial charge on any atom is -0.462 e. The van der Waals surface area contributed by atoms with Gasteiger partial charge in [-0.2, -0.15) is 0 Å². The summed E-state index contributed by atoms with van der Waals surface area (Å²) in [5, 5.41) is 10.9. The number of hydrogen-bond acceptors (Lipinski definition) is 13. The van der Waals surface area contributed by atoms with Crippen LogP contribution in [-0.4, -0.2) is 84.2 Å². The maximum Gasteiger partial charge on any atom is 0.303 e. The van der Waals surface area contributed by atoms with Crippen molar-refractivity contribution in [3.05, 3.63) is 11.1 Å². The molecule has 10 atom stereocenters. The standard InChI is InChI=1S/C32H46O13/c1-14-23(40-15(2)34)11-22-28(43-18(5)37)27-21(13-33)24(41-16(3)35)12-25(42-17(4)36)32(27,10)30(45-20(7)39)29(44-19(6)38)26(14)31(22,8)9/h21-25,27-30,33H,11-13H2,1-10H3/t21-,22+,23+,24+,25+,27+,28-,29-,30+,32-/m1/s1. The fraction of sp³-hybridized carbons (Fsp3) is 0.750. The van der Waals surface area contributed by atoms with Gasteiger partial charge in [0.15, 0.2) is 12.2 Å². The molecule has 0 heterocycles. The summed E-state index contributed by atoms with van der Waals surface area (Å²) in [6, 6.07) is 0. The summed E-state index contributed by atoms with van der Waals surface area (Å²) in [5.41, 5.74) is -1.40. The highest BCUT2D eigenvalue weighted by Crippen LogP contribution is 2.62. The molecule has 3 rings (SSSR count). The lowest BCUT2D eigenvalue weighted by molar-refractivity contribution is -0.258. The van der Waals surface area contributed by atoms with Gasteiger partial charge in [-0.3, -0.25) is 28.8 Å². The Morgan fingerprint density at radius 1 is 0.711 bits per heavy atom. The monoisotopic (exact) mass is 638 g/mol. The van der Waals surface area contributed by atoms with Crippen molar-refractivity contribution in [1.29, 1.82) is 0 Å². The molecule has 0 aliphatic heterocycles. The SMILES string of the molecule is CC(=O)O[C@H]1[C@@H]2[C@H](CO)[C@@H](OC(C)=O)C[C@H](OC(C)=O)[C@@]2(C)[C@@H](OC(C)=O)[C@H](OC(C)=O)C2=C(C)[C@@H](OC(C)=O)C[C@@H]1C2(C)C. The summed E-state index contributed by atoms with van der Waals surface area (Å²) in [7, 11) is 0. The molecule has 13 nitrogen and oxygen atoms in total. The van der Waals surface area contributed by atoms with E-state index in [1.165, 1.54) is 41.5 Å². The van der Waals surface area contributed by atoms with Crippen molar-refractivity contribution in [2.24, 2.45) is 28.6 Å². The second kappa shape index (κ2) is 13.5. The molecular formula is C32H46O13. The van der Waals surface area contributed by atoms with Gasteiger partial charge < -0.3 is 33.5 Å². The third-order valence-electron chi connectivity index (χ3n) is 9.75. The van der Waals surface area contributed by atoms with E-state index >= 15 is 0 Å². The zero-order valence-corrected chi connectivity index (χ0v) is 27.7. The van der Waals surface area contributed by atoms with Crippen molar-refractivity contribution >= 4 is 35.8 Å². The predicted molar refractivity (Wildman–Crippen MR) is 155 cm³/mol. The first-order chi connectivity index (χ1) is 20.8. The number of esters is 6. The number of fused-ring (bicyclic) bond motifs is 3. The van der Waals surface area contributed by atoms with Crippen molar-refractivity contribution in [2.45, 2.75) is 119 Å². The Balaban J connectivity index is 2.56. The lowest BCUT2D eigenvalue weighted by Crippen LogP contribution is -2.70. The van der Waals surface area contributed by atoms with Gasteiger partial charge in [0.2, 0.25) is 0 Å². The van der Waals surface area contributed by atoms with Crippen LogP contribution in [-0.2, 0) is 57.2 Å². The quantitative estimate of drug-likeness (QED) is 0.245. The molecule has 0 aromatic carbocycles. The topological polar surface area (TPSA) is 178 Å². The first-order valence-corrected chi connectivity index (χ1v) is 15.1. The molecule has 0 unspecified atom stereocenters. The van der Waals surface area contributed by atoms with Crippen molar-refractivity contribution in [3.8, 4) is 0 Å². The van der Waals surface area contributed by atoms with Gasteiger partial charge in [-0.15, -0.1) is 0 Å². The average Bonchev–Trinajstić information content (AvgIpc) is 2.87. The van der Waals surface area contributed by atoms with Crippen molar-refractivity contribution in [1.82, 2.24) is 0 Å². The molecule has 2 fully saturated rings. The molecule has 0 aromatic heterocycles. The summed E-state index contributed by atoms with van der Waals surface area (Å²) in [6.45, 7) is 13.9. The third-order valence-corrected chi connectivity index (χ3v) is 9.75. The van der Waals surface area contributed by atoms with Crippen molar-refractivity contribution in [2.75, 3.05) is 6.61 Å². The van der Waals surface area contributed by atoms with Crippen LogP contribution in [0, 0.1) is 28.6 Å². The molecule has 13 heteroatoms.